The first-order valence-corrected chi connectivity index (χ1v) is 8.17. The lowest BCUT2D eigenvalue weighted by atomic mass is 9.93. The van der Waals surface area contributed by atoms with Crippen molar-refractivity contribution in [2.45, 2.75) is 27.3 Å². The fraction of sp³-hybridized carbons (Fsp3) is 0.611. The molecule has 23 heavy (non-hydrogen) atoms. The zero-order valence-electron chi connectivity index (χ0n) is 15.4. The van der Waals surface area contributed by atoms with Crippen LogP contribution in [-0.2, 0) is 6.54 Å². The molecule has 0 radical (unpaired) electrons. The van der Waals surface area contributed by atoms with Gasteiger partial charge in [-0.25, -0.2) is 4.99 Å². The summed E-state index contributed by atoms with van der Waals surface area (Å²) >= 11 is 0. The van der Waals surface area contributed by atoms with Gasteiger partial charge in [0.1, 0.15) is 5.75 Å². The van der Waals surface area contributed by atoms with E-state index in [0.29, 0.717) is 6.54 Å². The van der Waals surface area contributed by atoms with Crippen LogP contribution in [0.3, 0.4) is 0 Å². The van der Waals surface area contributed by atoms with Gasteiger partial charge in [-0.1, -0.05) is 32.0 Å². The lowest BCUT2D eigenvalue weighted by Crippen LogP contribution is -2.44. The van der Waals surface area contributed by atoms with Crippen LogP contribution in [0.4, 0.5) is 0 Å². The Morgan fingerprint density at radius 3 is 2.52 bits per heavy atom. The molecule has 0 atom stereocenters. The smallest absolute Gasteiger partial charge is 0.191 e. The van der Waals surface area contributed by atoms with E-state index in [0.717, 1.165) is 36.9 Å². The largest absolute Gasteiger partial charge is 0.496 e. The van der Waals surface area contributed by atoms with Crippen LogP contribution < -0.4 is 15.4 Å². The molecule has 0 saturated heterocycles. The van der Waals surface area contributed by atoms with E-state index in [9.17, 15) is 0 Å². The van der Waals surface area contributed by atoms with Crippen molar-refractivity contribution in [3.63, 3.8) is 0 Å². The summed E-state index contributed by atoms with van der Waals surface area (Å²) in [4.78, 5) is 6.88. The van der Waals surface area contributed by atoms with Crippen molar-refractivity contribution in [1.82, 2.24) is 15.5 Å². The molecule has 0 aliphatic heterocycles. The summed E-state index contributed by atoms with van der Waals surface area (Å²) in [6, 6.07) is 7.99. The number of rotatable bonds is 8. The number of benzene rings is 1. The standard InChI is InChI=1S/C18H32N4O/c1-7-19-17(21-13-18(2,3)14-22(4)5)20-12-15-10-8-9-11-16(15)23-6/h8-11H,7,12-14H2,1-6H3,(H2,19,20,21). The molecule has 2 N–H and O–H groups in total. The van der Waals surface area contributed by atoms with Crippen LogP contribution in [-0.4, -0.2) is 51.7 Å². The molecule has 0 aromatic heterocycles. The van der Waals surface area contributed by atoms with Crippen LogP contribution in [0.5, 0.6) is 5.75 Å². The monoisotopic (exact) mass is 320 g/mol. The Morgan fingerprint density at radius 1 is 1.22 bits per heavy atom. The van der Waals surface area contributed by atoms with E-state index < -0.39 is 0 Å². The average molecular weight is 320 g/mol. The molecular weight excluding hydrogens is 288 g/mol. The van der Waals surface area contributed by atoms with Crippen LogP contribution >= 0.6 is 0 Å². The number of aliphatic imine (C=N–C) groups is 1. The lowest BCUT2D eigenvalue weighted by Gasteiger charge is -2.29. The highest BCUT2D eigenvalue weighted by molar-refractivity contribution is 5.79. The molecule has 0 amide bonds. The third-order valence-corrected chi connectivity index (χ3v) is 3.42. The molecule has 130 valence electrons. The van der Waals surface area contributed by atoms with Gasteiger partial charge in [0.15, 0.2) is 5.96 Å². The van der Waals surface area contributed by atoms with Gasteiger partial charge in [-0.05, 0) is 32.5 Å². The Balaban J connectivity index is 2.70. The summed E-state index contributed by atoms with van der Waals surface area (Å²) in [5.41, 5.74) is 1.25. The Morgan fingerprint density at radius 2 is 1.91 bits per heavy atom. The molecule has 0 unspecified atom stereocenters. The molecule has 0 aliphatic rings. The predicted molar refractivity (Wildman–Crippen MR) is 98.1 cm³/mol. The van der Waals surface area contributed by atoms with Crippen LogP contribution in [0.15, 0.2) is 29.3 Å². The van der Waals surface area contributed by atoms with Gasteiger partial charge in [-0.3, -0.25) is 0 Å². The van der Waals surface area contributed by atoms with Gasteiger partial charge in [0.25, 0.3) is 0 Å². The molecule has 1 aromatic rings. The van der Waals surface area contributed by atoms with Gasteiger partial charge in [0.2, 0.25) is 0 Å². The SMILES string of the molecule is CCNC(=NCc1ccccc1OC)NCC(C)(C)CN(C)C. The number of nitrogens with one attached hydrogen (secondary N) is 2. The van der Waals surface area contributed by atoms with E-state index in [2.05, 4.69) is 55.4 Å². The lowest BCUT2D eigenvalue weighted by molar-refractivity contribution is 0.241. The molecule has 0 saturated carbocycles. The Labute approximate surface area is 141 Å². The Hall–Kier alpha value is -1.75. The summed E-state index contributed by atoms with van der Waals surface area (Å²) in [5.74, 6) is 1.71. The summed E-state index contributed by atoms with van der Waals surface area (Å²) in [6.45, 7) is 9.90. The highest BCUT2D eigenvalue weighted by Gasteiger charge is 2.19. The second kappa shape index (κ2) is 9.40. The second-order valence-electron chi connectivity index (χ2n) is 6.76. The number of hydrogen-bond acceptors (Lipinski definition) is 3. The highest BCUT2D eigenvalue weighted by atomic mass is 16.5. The second-order valence-corrected chi connectivity index (χ2v) is 6.76. The molecule has 0 fully saturated rings. The van der Waals surface area contributed by atoms with Crippen LogP contribution in [0.2, 0.25) is 0 Å². The van der Waals surface area contributed by atoms with Gasteiger partial charge in [0, 0.05) is 25.2 Å². The molecule has 5 nitrogen and oxygen atoms in total. The van der Waals surface area contributed by atoms with Crippen LogP contribution in [0.1, 0.15) is 26.3 Å². The van der Waals surface area contributed by atoms with E-state index in [-0.39, 0.29) is 5.41 Å². The zero-order valence-corrected chi connectivity index (χ0v) is 15.4. The molecule has 0 spiro atoms. The minimum Gasteiger partial charge on any atom is -0.496 e. The van der Waals surface area contributed by atoms with Crippen molar-refractivity contribution in [3.8, 4) is 5.75 Å². The quantitative estimate of drug-likeness (QED) is 0.570. The third kappa shape index (κ3) is 7.37. The fourth-order valence-electron chi connectivity index (χ4n) is 2.57. The first-order valence-electron chi connectivity index (χ1n) is 8.17. The van der Waals surface area contributed by atoms with Gasteiger partial charge >= 0.3 is 0 Å². The zero-order chi connectivity index (χ0) is 17.3. The summed E-state index contributed by atoms with van der Waals surface area (Å²) in [7, 11) is 5.89. The summed E-state index contributed by atoms with van der Waals surface area (Å²) in [6.07, 6.45) is 0. The number of ether oxygens (including phenoxy) is 1. The molecular formula is C18H32N4O. The molecule has 0 bridgehead atoms. The van der Waals surface area contributed by atoms with Gasteiger partial charge < -0.3 is 20.3 Å². The van der Waals surface area contributed by atoms with Crippen LogP contribution in [0, 0.1) is 5.41 Å². The predicted octanol–water partition coefficient (Wildman–Crippen LogP) is 2.34. The van der Waals surface area contributed by atoms with Crippen molar-refractivity contribution >= 4 is 5.96 Å². The normalized spacial score (nSPS) is 12.4. The first kappa shape index (κ1) is 19.3. The topological polar surface area (TPSA) is 48.9 Å². The molecule has 0 aliphatic carbocycles. The summed E-state index contributed by atoms with van der Waals surface area (Å²) < 4.78 is 5.38. The average Bonchev–Trinajstić information content (AvgIpc) is 2.49. The van der Waals surface area contributed by atoms with Crippen molar-refractivity contribution in [2.24, 2.45) is 10.4 Å². The first-order chi connectivity index (χ1) is 10.9. The summed E-state index contributed by atoms with van der Waals surface area (Å²) in [5, 5.41) is 6.75. The maximum Gasteiger partial charge on any atom is 0.191 e. The number of hydrogen-bond donors (Lipinski definition) is 2. The minimum atomic E-state index is 0.171. The van der Waals surface area contributed by atoms with E-state index in [1.54, 1.807) is 7.11 Å². The maximum absolute atomic E-state index is 5.38. The van der Waals surface area contributed by atoms with E-state index in [1.165, 1.54) is 0 Å². The van der Waals surface area contributed by atoms with Crippen molar-refractivity contribution in [2.75, 3.05) is 40.8 Å². The van der Waals surface area contributed by atoms with Gasteiger partial charge in [-0.15, -0.1) is 0 Å². The minimum absolute atomic E-state index is 0.171. The van der Waals surface area contributed by atoms with Crippen molar-refractivity contribution < 1.29 is 4.74 Å². The number of methoxy groups -OCH3 is 1. The van der Waals surface area contributed by atoms with Crippen molar-refractivity contribution in [1.29, 1.82) is 0 Å². The fourth-order valence-corrected chi connectivity index (χ4v) is 2.57. The molecule has 0 heterocycles. The van der Waals surface area contributed by atoms with Gasteiger partial charge in [0.05, 0.1) is 13.7 Å². The van der Waals surface area contributed by atoms with Crippen LogP contribution in [0.25, 0.3) is 0 Å². The molecule has 5 heteroatoms. The molecule has 1 aromatic carbocycles. The number of para-hydroxylation sites is 1. The number of nitrogens with zero attached hydrogens (tertiary/aromatic N) is 2. The Kier molecular flexibility index (Phi) is 7.89. The Bertz CT molecular complexity index is 498. The van der Waals surface area contributed by atoms with E-state index in [4.69, 9.17) is 4.74 Å². The van der Waals surface area contributed by atoms with E-state index in [1.807, 2.05) is 24.3 Å². The highest BCUT2D eigenvalue weighted by Crippen LogP contribution is 2.18. The third-order valence-electron chi connectivity index (χ3n) is 3.42. The van der Waals surface area contributed by atoms with E-state index >= 15 is 0 Å². The molecule has 1 rings (SSSR count). The maximum atomic E-state index is 5.38. The number of guanidine groups is 1. The van der Waals surface area contributed by atoms with Crippen molar-refractivity contribution in [3.05, 3.63) is 29.8 Å². The van der Waals surface area contributed by atoms with Gasteiger partial charge in [-0.2, -0.15) is 0 Å².